The van der Waals surface area contributed by atoms with E-state index in [9.17, 15) is 5.11 Å². The van der Waals surface area contributed by atoms with E-state index in [1.54, 1.807) is 7.05 Å². The Hall–Kier alpha value is -0.620. The standard InChI is InChI=1S/C11H20N4OS/c1-15-13-11(12-14-15)7-9(16)8-17-10-5-3-2-4-6-10/h9-10,16H,2-8H2,1H3. The van der Waals surface area contributed by atoms with E-state index in [0.29, 0.717) is 12.2 Å². The molecule has 1 N–H and O–H groups in total. The van der Waals surface area contributed by atoms with Gasteiger partial charge in [0, 0.05) is 17.4 Å². The van der Waals surface area contributed by atoms with Crippen molar-refractivity contribution < 1.29 is 5.11 Å². The average Bonchev–Trinajstić information content (AvgIpc) is 2.73. The van der Waals surface area contributed by atoms with Crippen molar-refractivity contribution in [2.45, 2.75) is 49.9 Å². The van der Waals surface area contributed by atoms with Crippen LogP contribution in [0.25, 0.3) is 0 Å². The van der Waals surface area contributed by atoms with Crippen LogP contribution >= 0.6 is 11.8 Å². The predicted octanol–water partition coefficient (Wildman–Crippen LogP) is 1.18. The van der Waals surface area contributed by atoms with E-state index < -0.39 is 0 Å². The molecule has 1 aromatic rings. The second-order valence-electron chi connectivity index (χ2n) is 4.65. The van der Waals surface area contributed by atoms with Crippen molar-refractivity contribution in [3.63, 3.8) is 0 Å². The first-order valence-electron chi connectivity index (χ1n) is 6.26. The van der Waals surface area contributed by atoms with E-state index in [2.05, 4.69) is 15.4 Å². The molecule has 1 aromatic heterocycles. The fourth-order valence-corrected chi connectivity index (χ4v) is 3.43. The summed E-state index contributed by atoms with van der Waals surface area (Å²) in [6, 6.07) is 0. The lowest BCUT2D eigenvalue weighted by Crippen LogP contribution is -2.18. The van der Waals surface area contributed by atoms with Gasteiger partial charge in [-0.05, 0) is 18.1 Å². The van der Waals surface area contributed by atoms with Crippen LogP contribution in [0, 0.1) is 0 Å². The van der Waals surface area contributed by atoms with Gasteiger partial charge in [0.05, 0.1) is 13.2 Å². The first-order valence-corrected chi connectivity index (χ1v) is 7.31. The van der Waals surface area contributed by atoms with Crippen LogP contribution in [0.5, 0.6) is 0 Å². The van der Waals surface area contributed by atoms with E-state index in [4.69, 9.17) is 0 Å². The van der Waals surface area contributed by atoms with Gasteiger partial charge in [0.1, 0.15) is 0 Å². The number of tetrazole rings is 1. The molecule has 1 heterocycles. The Morgan fingerprint density at radius 1 is 1.41 bits per heavy atom. The smallest absolute Gasteiger partial charge is 0.177 e. The molecule has 0 saturated heterocycles. The van der Waals surface area contributed by atoms with Crippen LogP contribution in [0.4, 0.5) is 0 Å². The zero-order valence-corrected chi connectivity index (χ0v) is 11.1. The highest BCUT2D eigenvalue weighted by Gasteiger charge is 2.16. The minimum atomic E-state index is -0.355. The van der Waals surface area contributed by atoms with Crippen molar-refractivity contribution in [1.82, 2.24) is 20.2 Å². The van der Waals surface area contributed by atoms with Crippen LogP contribution < -0.4 is 0 Å². The van der Waals surface area contributed by atoms with Crippen LogP contribution in [-0.2, 0) is 13.5 Å². The quantitative estimate of drug-likeness (QED) is 0.857. The Morgan fingerprint density at radius 3 is 2.82 bits per heavy atom. The Bertz CT molecular complexity index is 338. The monoisotopic (exact) mass is 256 g/mol. The van der Waals surface area contributed by atoms with Crippen LogP contribution in [0.3, 0.4) is 0 Å². The Labute approximate surface area is 106 Å². The van der Waals surface area contributed by atoms with Gasteiger partial charge in [-0.3, -0.25) is 0 Å². The zero-order valence-electron chi connectivity index (χ0n) is 10.2. The molecule has 1 saturated carbocycles. The van der Waals surface area contributed by atoms with Crippen molar-refractivity contribution in [2.75, 3.05) is 5.75 Å². The minimum absolute atomic E-state index is 0.355. The summed E-state index contributed by atoms with van der Waals surface area (Å²) >= 11 is 1.90. The maximum absolute atomic E-state index is 9.90. The molecular weight excluding hydrogens is 236 g/mol. The van der Waals surface area contributed by atoms with Crippen LogP contribution in [-0.4, -0.2) is 42.4 Å². The summed E-state index contributed by atoms with van der Waals surface area (Å²) in [7, 11) is 1.74. The normalized spacial score (nSPS) is 19.4. The number of aryl methyl sites for hydroxylation is 1. The Balaban J connectivity index is 1.68. The molecule has 1 fully saturated rings. The van der Waals surface area contributed by atoms with E-state index in [0.717, 1.165) is 11.0 Å². The van der Waals surface area contributed by atoms with Gasteiger partial charge >= 0.3 is 0 Å². The van der Waals surface area contributed by atoms with Gasteiger partial charge in [-0.25, -0.2) is 0 Å². The summed E-state index contributed by atoms with van der Waals surface area (Å²) in [5, 5.41) is 22.4. The Morgan fingerprint density at radius 2 is 2.18 bits per heavy atom. The summed E-state index contributed by atoms with van der Waals surface area (Å²) in [6.45, 7) is 0. The van der Waals surface area contributed by atoms with Gasteiger partial charge in [-0.15, -0.1) is 10.2 Å². The fourth-order valence-electron chi connectivity index (χ4n) is 2.15. The summed E-state index contributed by atoms with van der Waals surface area (Å²) < 4.78 is 0. The number of hydrogen-bond donors (Lipinski definition) is 1. The topological polar surface area (TPSA) is 63.8 Å². The SMILES string of the molecule is Cn1nnc(CC(O)CSC2CCCCC2)n1. The molecule has 0 bridgehead atoms. The number of hydrogen-bond acceptors (Lipinski definition) is 5. The highest BCUT2D eigenvalue weighted by Crippen LogP contribution is 2.28. The number of aliphatic hydroxyl groups excluding tert-OH is 1. The molecule has 96 valence electrons. The number of rotatable bonds is 5. The summed E-state index contributed by atoms with van der Waals surface area (Å²) in [4.78, 5) is 1.43. The van der Waals surface area contributed by atoms with Crippen molar-refractivity contribution in [1.29, 1.82) is 0 Å². The largest absolute Gasteiger partial charge is 0.392 e. The summed E-state index contributed by atoms with van der Waals surface area (Å²) in [5.74, 6) is 1.41. The van der Waals surface area contributed by atoms with Gasteiger partial charge in [0.15, 0.2) is 5.82 Å². The van der Waals surface area contributed by atoms with Crippen LogP contribution in [0.2, 0.25) is 0 Å². The molecule has 0 radical (unpaired) electrons. The third-order valence-corrected chi connectivity index (χ3v) is 4.56. The van der Waals surface area contributed by atoms with Crippen LogP contribution in [0.1, 0.15) is 37.9 Å². The van der Waals surface area contributed by atoms with Gasteiger partial charge in [-0.1, -0.05) is 19.3 Å². The molecule has 0 aromatic carbocycles. The molecule has 6 heteroatoms. The molecule has 2 rings (SSSR count). The van der Waals surface area contributed by atoms with Gasteiger partial charge in [0.2, 0.25) is 0 Å². The third kappa shape index (κ3) is 4.27. The zero-order chi connectivity index (χ0) is 12.1. The molecule has 0 aliphatic heterocycles. The molecule has 1 aliphatic carbocycles. The highest BCUT2D eigenvalue weighted by molar-refractivity contribution is 7.99. The summed E-state index contributed by atoms with van der Waals surface area (Å²) in [5.41, 5.74) is 0. The second-order valence-corrected chi connectivity index (χ2v) is 5.98. The van der Waals surface area contributed by atoms with Gasteiger partial charge < -0.3 is 5.11 Å². The molecule has 0 amide bonds. The first kappa shape index (κ1) is 12.8. The van der Waals surface area contributed by atoms with E-state index >= 15 is 0 Å². The van der Waals surface area contributed by atoms with Gasteiger partial charge in [-0.2, -0.15) is 16.6 Å². The van der Waals surface area contributed by atoms with Crippen molar-refractivity contribution in [2.24, 2.45) is 7.05 Å². The fraction of sp³-hybridized carbons (Fsp3) is 0.909. The second kappa shape index (κ2) is 6.35. The lowest BCUT2D eigenvalue weighted by molar-refractivity contribution is 0.197. The lowest BCUT2D eigenvalue weighted by atomic mass is 10.0. The molecule has 1 atom stereocenters. The van der Waals surface area contributed by atoms with E-state index in [1.165, 1.54) is 36.9 Å². The predicted molar refractivity (Wildman–Crippen MR) is 67.8 cm³/mol. The molecule has 1 aliphatic rings. The number of aromatic nitrogens is 4. The third-order valence-electron chi connectivity index (χ3n) is 3.04. The van der Waals surface area contributed by atoms with Crippen LogP contribution in [0.15, 0.2) is 0 Å². The maximum atomic E-state index is 9.90. The molecular formula is C11H20N4OS. The summed E-state index contributed by atoms with van der Waals surface area (Å²) in [6.07, 6.45) is 6.84. The molecule has 5 nitrogen and oxygen atoms in total. The van der Waals surface area contributed by atoms with E-state index in [-0.39, 0.29) is 6.10 Å². The van der Waals surface area contributed by atoms with Gasteiger partial charge in [0.25, 0.3) is 0 Å². The molecule has 1 unspecified atom stereocenters. The average molecular weight is 256 g/mol. The molecule has 17 heavy (non-hydrogen) atoms. The molecule has 0 spiro atoms. The minimum Gasteiger partial charge on any atom is -0.392 e. The van der Waals surface area contributed by atoms with Crippen molar-refractivity contribution in [3.05, 3.63) is 5.82 Å². The first-order chi connectivity index (χ1) is 8.24. The highest BCUT2D eigenvalue weighted by atomic mass is 32.2. The number of aliphatic hydroxyl groups is 1. The number of nitrogens with zero attached hydrogens (tertiary/aromatic N) is 4. The maximum Gasteiger partial charge on any atom is 0.177 e. The Kier molecular flexibility index (Phi) is 4.79. The lowest BCUT2D eigenvalue weighted by Gasteiger charge is -2.21. The number of thioether (sulfide) groups is 1. The van der Waals surface area contributed by atoms with E-state index in [1.807, 2.05) is 11.8 Å². The van der Waals surface area contributed by atoms with Crippen molar-refractivity contribution >= 4 is 11.8 Å². The van der Waals surface area contributed by atoms with Crippen molar-refractivity contribution in [3.8, 4) is 0 Å².